The van der Waals surface area contributed by atoms with Crippen LogP contribution >= 0.6 is 27.5 Å². The van der Waals surface area contributed by atoms with Crippen LogP contribution in [0.3, 0.4) is 0 Å². The van der Waals surface area contributed by atoms with Crippen molar-refractivity contribution in [2.24, 2.45) is 5.73 Å². The Labute approximate surface area is 113 Å². The maximum atomic E-state index is 13.7. The Morgan fingerprint density at radius 3 is 3.00 bits per heavy atom. The first-order valence-electron chi connectivity index (χ1n) is 5.59. The van der Waals surface area contributed by atoms with Crippen LogP contribution in [0, 0.1) is 5.82 Å². The molecular formula is C12H14BrClFNO. The van der Waals surface area contributed by atoms with Crippen LogP contribution in [0.4, 0.5) is 4.39 Å². The summed E-state index contributed by atoms with van der Waals surface area (Å²) in [6.07, 6.45) is 2.84. The molecule has 1 aliphatic rings. The lowest BCUT2D eigenvalue weighted by molar-refractivity contribution is 0.0980. The Kier molecular flexibility index (Phi) is 4.42. The Bertz CT molecular complexity index is 410. The molecular weight excluding hydrogens is 308 g/mol. The molecule has 0 spiro atoms. The van der Waals surface area contributed by atoms with Gasteiger partial charge in [-0.1, -0.05) is 11.6 Å². The molecule has 1 aromatic carbocycles. The molecule has 2 nitrogen and oxygen atoms in total. The van der Waals surface area contributed by atoms with Gasteiger partial charge in [0.25, 0.3) is 0 Å². The lowest BCUT2D eigenvalue weighted by Crippen LogP contribution is -2.19. The van der Waals surface area contributed by atoms with E-state index >= 15 is 0 Å². The van der Waals surface area contributed by atoms with E-state index in [-0.39, 0.29) is 18.0 Å². The summed E-state index contributed by atoms with van der Waals surface area (Å²) in [6, 6.07) is 2.57. The molecule has 5 heteroatoms. The van der Waals surface area contributed by atoms with Crippen molar-refractivity contribution in [1.29, 1.82) is 0 Å². The molecule has 17 heavy (non-hydrogen) atoms. The second-order valence-corrected chi connectivity index (χ2v) is 5.53. The molecule has 1 fully saturated rings. The molecule has 2 rings (SSSR count). The van der Waals surface area contributed by atoms with E-state index in [2.05, 4.69) is 15.9 Å². The van der Waals surface area contributed by atoms with Gasteiger partial charge in [0.05, 0.1) is 11.1 Å². The summed E-state index contributed by atoms with van der Waals surface area (Å²) in [5, 5.41) is 0.476. The molecule has 2 unspecified atom stereocenters. The average molecular weight is 323 g/mol. The number of nitrogens with two attached hydrogens (primary N) is 1. The smallest absolute Gasteiger partial charge is 0.129 e. The quantitative estimate of drug-likeness (QED) is 0.859. The van der Waals surface area contributed by atoms with Gasteiger partial charge in [-0.3, -0.25) is 0 Å². The molecule has 0 saturated carbocycles. The highest BCUT2D eigenvalue weighted by atomic mass is 79.9. The van der Waals surface area contributed by atoms with Gasteiger partial charge in [-0.2, -0.15) is 0 Å². The van der Waals surface area contributed by atoms with E-state index in [1.165, 1.54) is 6.07 Å². The van der Waals surface area contributed by atoms with Crippen LogP contribution < -0.4 is 5.73 Å². The molecule has 0 amide bonds. The summed E-state index contributed by atoms with van der Waals surface area (Å²) < 4.78 is 19.8. The first-order valence-corrected chi connectivity index (χ1v) is 6.76. The number of ether oxygens (including phenoxy) is 1. The molecule has 2 N–H and O–H groups in total. The van der Waals surface area contributed by atoms with Crippen LogP contribution in [0.25, 0.3) is 0 Å². The standard InChI is InChI=1S/C12H14BrClFNO/c13-9-6-11(15)8(5-10(9)14)12(16)4-7-2-1-3-17-7/h5-7,12H,1-4,16H2. The minimum atomic E-state index is -0.372. The predicted octanol–water partition coefficient (Wildman–Crippen LogP) is 3.81. The van der Waals surface area contributed by atoms with Crippen molar-refractivity contribution in [3.63, 3.8) is 0 Å². The molecule has 0 radical (unpaired) electrons. The van der Waals surface area contributed by atoms with Gasteiger partial charge in [0.2, 0.25) is 0 Å². The monoisotopic (exact) mass is 321 g/mol. The van der Waals surface area contributed by atoms with Crippen LogP contribution in [0.15, 0.2) is 16.6 Å². The molecule has 2 atom stereocenters. The number of halogens is 3. The van der Waals surface area contributed by atoms with Crippen LogP contribution in [0.1, 0.15) is 30.9 Å². The van der Waals surface area contributed by atoms with E-state index in [1.807, 2.05) is 0 Å². The summed E-state index contributed by atoms with van der Waals surface area (Å²) in [4.78, 5) is 0. The first-order chi connectivity index (χ1) is 8.08. The Morgan fingerprint density at radius 2 is 2.35 bits per heavy atom. The van der Waals surface area contributed by atoms with Crippen molar-refractivity contribution in [3.8, 4) is 0 Å². The fourth-order valence-electron chi connectivity index (χ4n) is 2.06. The third-order valence-corrected chi connectivity index (χ3v) is 4.18. The van der Waals surface area contributed by atoms with Crippen molar-refractivity contribution in [2.75, 3.05) is 6.61 Å². The van der Waals surface area contributed by atoms with E-state index in [4.69, 9.17) is 22.1 Å². The van der Waals surface area contributed by atoms with Crippen molar-refractivity contribution in [1.82, 2.24) is 0 Å². The lowest BCUT2D eigenvalue weighted by atomic mass is 10.00. The molecule has 94 valence electrons. The zero-order chi connectivity index (χ0) is 12.4. The van der Waals surface area contributed by atoms with E-state index in [9.17, 15) is 4.39 Å². The SMILES string of the molecule is NC(CC1CCCO1)c1cc(Cl)c(Br)cc1F. The Balaban J connectivity index is 2.12. The fourth-order valence-corrected chi connectivity index (χ4v) is 2.55. The number of benzene rings is 1. The number of rotatable bonds is 3. The van der Waals surface area contributed by atoms with Gasteiger partial charge >= 0.3 is 0 Å². The predicted molar refractivity (Wildman–Crippen MR) is 69.6 cm³/mol. The van der Waals surface area contributed by atoms with Gasteiger partial charge < -0.3 is 10.5 Å². The Hall–Kier alpha value is -0.160. The van der Waals surface area contributed by atoms with Crippen molar-refractivity contribution in [3.05, 3.63) is 33.0 Å². The highest BCUT2D eigenvalue weighted by Gasteiger charge is 2.22. The lowest BCUT2D eigenvalue weighted by Gasteiger charge is -2.17. The maximum absolute atomic E-state index is 13.7. The average Bonchev–Trinajstić information content (AvgIpc) is 2.76. The molecule has 0 aromatic heterocycles. The Morgan fingerprint density at radius 1 is 1.59 bits per heavy atom. The van der Waals surface area contributed by atoms with Gasteiger partial charge in [0.15, 0.2) is 0 Å². The van der Waals surface area contributed by atoms with Crippen LogP contribution in [-0.4, -0.2) is 12.7 Å². The molecule has 1 heterocycles. The van der Waals surface area contributed by atoms with E-state index in [0.717, 1.165) is 19.4 Å². The van der Waals surface area contributed by atoms with E-state index < -0.39 is 0 Å². The van der Waals surface area contributed by atoms with Crippen LogP contribution in [-0.2, 0) is 4.74 Å². The summed E-state index contributed by atoms with van der Waals surface area (Å²) in [7, 11) is 0. The van der Waals surface area contributed by atoms with Gasteiger partial charge in [0.1, 0.15) is 5.82 Å². The van der Waals surface area contributed by atoms with Crippen LogP contribution in [0.5, 0.6) is 0 Å². The van der Waals surface area contributed by atoms with Gasteiger partial charge in [-0.15, -0.1) is 0 Å². The van der Waals surface area contributed by atoms with Gasteiger partial charge in [-0.25, -0.2) is 4.39 Å². The highest BCUT2D eigenvalue weighted by Crippen LogP contribution is 2.31. The molecule has 1 aromatic rings. The fraction of sp³-hybridized carbons (Fsp3) is 0.500. The number of hydrogen-bond donors (Lipinski definition) is 1. The highest BCUT2D eigenvalue weighted by molar-refractivity contribution is 9.10. The third kappa shape index (κ3) is 3.19. The summed E-state index contributed by atoms with van der Waals surface area (Å²) in [5.74, 6) is -0.327. The zero-order valence-corrected chi connectivity index (χ0v) is 11.6. The molecule has 1 aliphatic heterocycles. The summed E-state index contributed by atoms with van der Waals surface area (Å²) in [5.41, 5.74) is 6.45. The van der Waals surface area contributed by atoms with E-state index in [0.29, 0.717) is 21.5 Å². The van der Waals surface area contributed by atoms with Crippen molar-refractivity contribution in [2.45, 2.75) is 31.4 Å². The van der Waals surface area contributed by atoms with Gasteiger partial charge in [-0.05, 0) is 47.3 Å². The first kappa shape index (κ1) is 13.3. The largest absolute Gasteiger partial charge is 0.378 e. The molecule has 1 saturated heterocycles. The minimum absolute atomic E-state index is 0.145. The zero-order valence-electron chi connectivity index (χ0n) is 9.26. The summed E-state index contributed by atoms with van der Waals surface area (Å²) >= 11 is 9.13. The van der Waals surface area contributed by atoms with Crippen molar-refractivity contribution < 1.29 is 9.13 Å². The molecule has 0 aliphatic carbocycles. The number of hydrogen-bond acceptors (Lipinski definition) is 2. The van der Waals surface area contributed by atoms with Crippen molar-refractivity contribution >= 4 is 27.5 Å². The molecule has 0 bridgehead atoms. The topological polar surface area (TPSA) is 35.2 Å². The normalized spacial score (nSPS) is 21.8. The third-order valence-electron chi connectivity index (χ3n) is 2.98. The second kappa shape index (κ2) is 5.65. The van der Waals surface area contributed by atoms with Crippen LogP contribution in [0.2, 0.25) is 5.02 Å². The minimum Gasteiger partial charge on any atom is -0.378 e. The maximum Gasteiger partial charge on any atom is 0.129 e. The van der Waals surface area contributed by atoms with E-state index in [1.54, 1.807) is 6.07 Å². The second-order valence-electron chi connectivity index (χ2n) is 4.27. The summed E-state index contributed by atoms with van der Waals surface area (Å²) in [6.45, 7) is 0.779. The van der Waals surface area contributed by atoms with Gasteiger partial charge in [0, 0.05) is 22.7 Å².